The summed E-state index contributed by atoms with van der Waals surface area (Å²) in [5.74, 6) is 6.48. The molecule has 2 aromatic heterocycles. The summed E-state index contributed by atoms with van der Waals surface area (Å²) in [6.45, 7) is 1.98. The molecular formula is C16H16N6OS2. The second kappa shape index (κ2) is 7.95. The van der Waals surface area contributed by atoms with Gasteiger partial charge in [0.05, 0.1) is 12.0 Å². The number of thioether (sulfide) groups is 1. The summed E-state index contributed by atoms with van der Waals surface area (Å²) in [4.78, 5) is 13.2. The van der Waals surface area contributed by atoms with Gasteiger partial charge in [0.1, 0.15) is 0 Å². The minimum atomic E-state index is 0.0122. The van der Waals surface area contributed by atoms with Crippen molar-refractivity contribution in [3.8, 4) is 0 Å². The maximum Gasteiger partial charge on any atom is 0.264 e. The van der Waals surface area contributed by atoms with Crippen molar-refractivity contribution in [2.24, 2.45) is 5.10 Å². The third-order valence-corrected chi connectivity index (χ3v) is 5.02. The van der Waals surface area contributed by atoms with Crippen molar-refractivity contribution in [3.63, 3.8) is 0 Å². The first-order valence-corrected chi connectivity index (χ1v) is 9.26. The Bertz CT molecular complexity index is 871. The van der Waals surface area contributed by atoms with Gasteiger partial charge < -0.3 is 5.84 Å². The maximum atomic E-state index is 12.2. The lowest BCUT2D eigenvalue weighted by atomic mass is 10.1. The van der Waals surface area contributed by atoms with Gasteiger partial charge in [-0.25, -0.2) is 10.1 Å². The molecule has 0 aliphatic carbocycles. The molecule has 9 heteroatoms. The number of rotatable bonds is 7. The molecule has 0 unspecified atom stereocenters. The number of carbonyl (C=O) groups excluding carboxylic acids is 1. The number of hydrogen-bond donors (Lipinski definition) is 2. The van der Waals surface area contributed by atoms with Gasteiger partial charge >= 0.3 is 0 Å². The zero-order valence-electron chi connectivity index (χ0n) is 13.4. The highest BCUT2D eigenvalue weighted by Gasteiger charge is 2.13. The average molecular weight is 372 g/mol. The van der Waals surface area contributed by atoms with Gasteiger partial charge in [-0.3, -0.25) is 4.79 Å². The first-order chi connectivity index (χ1) is 12.1. The second-order valence-electron chi connectivity index (χ2n) is 5.14. The Morgan fingerprint density at radius 3 is 2.88 bits per heavy atom. The monoisotopic (exact) mass is 372 g/mol. The van der Waals surface area contributed by atoms with Crippen molar-refractivity contribution in [3.05, 3.63) is 57.8 Å². The molecule has 1 aromatic carbocycles. The van der Waals surface area contributed by atoms with E-state index in [1.54, 1.807) is 17.6 Å². The number of nitrogens with one attached hydrogen (secondary N) is 1. The number of anilines is 1. The summed E-state index contributed by atoms with van der Waals surface area (Å²) in [7, 11) is 0. The number of aromatic nitrogens is 3. The molecule has 0 bridgehead atoms. The van der Waals surface area contributed by atoms with Gasteiger partial charge in [0.2, 0.25) is 5.16 Å². The van der Waals surface area contributed by atoms with Gasteiger partial charge in [-0.1, -0.05) is 47.7 Å². The highest BCUT2D eigenvalue weighted by molar-refractivity contribution is 7.99. The summed E-state index contributed by atoms with van der Waals surface area (Å²) >= 11 is 2.80. The van der Waals surface area contributed by atoms with Crippen molar-refractivity contribution in [1.29, 1.82) is 0 Å². The van der Waals surface area contributed by atoms with Crippen LogP contribution in [0.1, 0.15) is 20.8 Å². The van der Waals surface area contributed by atoms with Crippen LogP contribution in [0.25, 0.3) is 0 Å². The topological polar surface area (TPSA) is 98.2 Å². The van der Waals surface area contributed by atoms with Crippen molar-refractivity contribution >= 4 is 41.0 Å². The Morgan fingerprint density at radius 1 is 1.36 bits per heavy atom. The average Bonchev–Trinajstić information content (AvgIpc) is 3.24. The Kier molecular flexibility index (Phi) is 5.46. The quantitative estimate of drug-likeness (QED) is 0.218. The fourth-order valence-electron chi connectivity index (χ4n) is 1.92. The molecule has 0 aliphatic rings. The van der Waals surface area contributed by atoms with E-state index in [2.05, 4.69) is 20.7 Å². The highest BCUT2D eigenvalue weighted by Crippen LogP contribution is 2.18. The van der Waals surface area contributed by atoms with Crippen LogP contribution in [0.3, 0.4) is 0 Å². The number of carbonyl (C=O) groups is 1. The maximum absolute atomic E-state index is 12.2. The van der Waals surface area contributed by atoms with Crippen LogP contribution in [0, 0.1) is 6.92 Å². The molecular weight excluding hydrogens is 356 g/mol. The number of hydrogen-bond acceptors (Lipinski definition) is 8. The van der Waals surface area contributed by atoms with Crippen LogP contribution in [0.4, 0.5) is 5.95 Å². The van der Waals surface area contributed by atoms with Crippen LogP contribution >= 0.6 is 23.1 Å². The summed E-state index contributed by atoms with van der Waals surface area (Å²) < 4.78 is 1.28. The van der Waals surface area contributed by atoms with Gasteiger partial charge in [0, 0.05) is 10.4 Å². The van der Waals surface area contributed by atoms with Crippen molar-refractivity contribution in [2.45, 2.75) is 12.1 Å². The molecule has 3 N–H and O–H groups in total. The SMILES string of the molecule is Cc1ccc(C(=O)CSc2nnc(N/N=C/c3cccs3)n2N)cc1. The van der Waals surface area contributed by atoms with E-state index in [4.69, 9.17) is 5.84 Å². The standard InChI is InChI=1S/C16H16N6OS2/c1-11-4-6-12(7-5-11)14(23)10-25-16-21-20-15(22(16)17)19-18-9-13-3-2-8-24-13/h2-9H,10,17H2,1H3,(H,19,20)/b18-9+. The zero-order chi connectivity index (χ0) is 17.6. The van der Waals surface area contributed by atoms with Crippen LogP contribution in [-0.2, 0) is 0 Å². The number of Topliss-reactive ketones (excluding diaryl/α,β-unsaturated/α-hetero) is 1. The minimum Gasteiger partial charge on any atom is -0.334 e. The Labute approximate surface area is 152 Å². The van der Waals surface area contributed by atoms with Gasteiger partial charge in [0.15, 0.2) is 5.78 Å². The van der Waals surface area contributed by atoms with Gasteiger partial charge in [0.25, 0.3) is 5.95 Å². The number of benzene rings is 1. The number of nitrogens with two attached hydrogens (primary N) is 1. The molecule has 0 saturated heterocycles. The summed E-state index contributed by atoms with van der Waals surface area (Å²) in [5.41, 5.74) is 4.52. The van der Waals surface area contributed by atoms with Crippen molar-refractivity contribution in [1.82, 2.24) is 14.9 Å². The van der Waals surface area contributed by atoms with E-state index in [0.717, 1.165) is 10.4 Å². The minimum absolute atomic E-state index is 0.0122. The van der Waals surface area contributed by atoms with Crippen LogP contribution in [-0.4, -0.2) is 32.6 Å². The van der Waals surface area contributed by atoms with Crippen LogP contribution in [0.15, 0.2) is 52.0 Å². The van der Waals surface area contributed by atoms with E-state index in [9.17, 15) is 4.79 Å². The normalized spacial score (nSPS) is 11.1. The predicted octanol–water partition coefficient (Wildman–Crippen LogP) is 2.78. The number of nitrogens with zero attached hydrogens (tertiary/aromatic N) is 4. The molecule has 2 heterocycles. The van der Waals surface area contributed by atoms with Crippen LogP contribution < -0.4 is 11.3 Å². The van der Waals surface area contributed by atoms with Gasteiger partial charge in [-0.05, 0) is 18.4 Å². The van der Waals surface area contributed by atoms with Crippen molar-refractivity contribution < 1.29 is 4.79 Å². The van der Waals surface area contributed by atoms with E-state index < -0.39 is 0 Å². The summed E-state index contributed by atoms with van der Waals surface area (Å²) in [5, 5.41) is 14.4. The number of thiophene rings is 1. The van der Waals surface area contributed by atoms with E-state index in [1.807, 2.05) is 48.7 Å². The Balaban J connectivity index is 1.57. The van der Waals surface area contributed by atoms with E-state index in [0.29, 0.717) is 16.7 Å². The lowest BCUT2D eigenvalue weighted by Crippen LogP contribution is -2.14. The van der Waals surface area contributed by atoms with Gasteiger partial charge in [-0.2, -0.15) is 5.10 Å². The number of ketones is 1. The van der Waals surface area contributed by atoms with Crippen LogP contribution in [0.5, 0.6) is 0 Å². The molecule has 0 amide bonds. The molecule has 0 saturated carbocycles. The fraction of sp³-hybridized carbons (Fsp3) is 0.125. The smallest absolute Gasteiger partial charge is 0.264 e. The molecule has 3 aromatic rings. The molecule has 0 radical (unpaired) electrons. The van der Waals surface area contributed by atoms with E-state index in [1.165, 1.54) is 16.4 Å². The molecule has 7 nitrogen and oxygen atoms in total. The third-order valence-electron chi connectivity index (χ3n) is 3.27. The lowest BCUT2D eigenvalue weighted by Gasteiger charge is -2.03. The third kappa shape index (κ3) is 4.46. The molecule has 128 valence electrons. The predicted molar refractivity (Wildman–Crippen MR) is 102 cm³/mol. The Morgan fingerprint density at radius 2 is 2.16 bits per heavy atom. The Hall–Kier alpha value is -2.65. The van der Waals surface area contributed by atoms with E-state index >= 15 is 0 Å². The molecule has 0 atom stereocenters. The van der Waals surface area contributed by atoms with Crippen LogP contribution in [0.2, 0.25) is 0 Å². The van der Waals surface area contributed by atoms with E-state index in [-0.39, 0.29) is 11.5 Å². The number of hydrazone groups is 1. The fourth-order valence-corrected chi connectivity index (χ4v) is 3.26. The highest BCUT2D eigenvalue weighted by atomic mass is 32.2. The molecule has 0 spiro atoms. The van der Waals surface area contributed by atoms with Crippen molar-refractivity contribution in [2.75, 3.05) is 17.0 Å². The van der Waals surface area contributed by atoms with Gasteiger partial charge in [-0.15, -0.1) is 21.5 Å². The largest absolute Gasteiger partial charge is 0.334 e. The zero-order valence-corrected chi connectivity index (χ0v) is 15.0. The summed E-state index contributed by atoms with van der Waals surface area (Å²) in [6.07, 6.45) is 1.67. The number of nitrogen functional groups attached to an aromatic ring is 1. The first-order valence-electron chi connectivity index (χ1n) is 7.39. The lowest BCUT2D eigenvalue weighted by molar-refractivity contribution is 0.102. The molecule has 0 fully saturated rings. The second-order valence-corrected chi connectivity index (χ2v) is 7.06. The molecule has 3 rings (SSSR count). The number of aryl methyl sites for hydroxylation is 1. The molecule has 0 aliphatic heterocycles. The molecule has 25 heavy (non-hydrogen) atoms. The summed E-state index contributed by atoms with van der Waals surface area (Å²) in [6, 6.07) is 11.3. The first kappa shape index (κ1) is 17.2.